The molecule has 1 unspecified atom stereocenters. The van der Waals surface area contributed by atoms with Crippen LogP contribution in [-0.4, -0.2) is 65.3 Å². The van der Waals surface area contributed by atoms with E-state index in [4.69, 9.17) is 9.84 Å². The van der Waals surface area contributed by atoms with Gasteiger partial charge < -0.3 is 19.6 Å². The van der Waals surface area contributed by atoms with E-state index in [-0.39, 0.29) is 24.7 Å². The predicted octanol–water partition coefficient (Wildman–Crippen LogP) is 1.55. The molecule has 0 bridgehead atoms. The quantitative estimate of drug-likeness (QED) is 0.850. The highest BCUT2D eigenvalue weighted by molar-refractivity contribution is 5.80. The van der Waals surface area contributed by atoms with Crippen molar-refractivity contribution in [3.63, 3.8) is 0 Å². The third-order valence-electron chi connectivity index (χ3n) is 4.18. The minimum Gasteiger partial charge on any atom is -0.480 e. The first-order valence-electron chi connectivity index (χ1n) is 7.50. The number of carboxylic acid groups (broad SMARTS) is 1. The fourth-order valence-electron chi connectivity index (χ4n) is 3.04. The van der Waals surface area contributed by atoms with Crippen LogP contribution in [0, 0.1) is 0 Å². The van der Waals surface area contributed by atoms with E-state index in [0.717, 1.165) is 32.1 Å². The molecule has 6 nitrogen and oxygen atoms in total. The van der Waals surface area contributed by atoms with Gasteiger partial charge in [-0.3, -0.25) is 4.79 Å². The molecule has 2 rings (SSSR count). The van der Waals surface area contributed by atoms with Crippen molar-refractivity contribution in [2.45, 2.75) is 51.2 Å². The van der Waals surface area contributed by atoms with Gasteiger partial charge in [0.05, 0.1) is 12.7 Å². The fourth-order valence-corrected chi connectivity index (χ4v) is 3.04. The van der Waals surface area contributed by atoms with Gasteiger partial charge in [-0.1, -0.05) is 19.8 Å². The topological polar surface area (TPSA) is 70.1 Å². The number of amides is 2. The fraction of sp³-hybridized carbons (Fsp3) is 0.857. The molecule has 0 spiro atoms. The Morgan fingerprint density at radius 2 is 2.05 bits per heavy atom. The van der Waals surface area contributed by atoms with Crippen molar-refractivity contribution in [1.82, 2.24) is 9.80 Å². The Balaban J connectivity index is 2.02. The summed E-state index contributed by atoms with van der Waals surface area (Å²) in [5, 5.41) is 9.05. The molecule has 0 aromatic heterocycles. The first-order valence-corrected chi connectivity index (χ1v) is 7.50. The van der Waals surface area contributed by atoms with Gasteiger partial charge in [-0.15, -0.1) is 0 Å². The van der Waals surface area contributed by atoms with Crippen molar-refractivity contribution in [2.24, 2.45) is 0 Å². The van der Waals surface area contributed by atoms with Crippen LogP contribution in [0.25, 0.3) is 0 Å². The lowest BCUT2D eigenvalue weighted by atomic mass is 10.2. The average molecular weight is 284 g/mol. The molecule has 1 saturated heterocycles. The highest BCUT2D eigenvalue weighted by Crippen LogP contribution is 2.25. The molecule has 6 heteroatoms. The molecule has 114 valence electrons. The number of carbonyl (C=O) groups is 2. The number of morpholine rings is 1. The summed E-state index contributed by atoms with van der Waals surface area (Å²) >= 11 is 0. The van der Waals surface area contributed by atoms with Crippen molar-refractivity contribution in [3.05, 3.63) is 0 Å². The second-order valence-electron chi connectivity index (χ2n) is 5.59. The van der Waals surface area contributed by atoms with Gasteiger partial charge >= 0.3 is 12.0 Å². The molecular formula is C14H24N2O4. The highest BCUT2D eigenvalue weighted by atomic mass is 16.5. The summed E-state index contributed by atoms with van der Waals surface area (Å²) in [7, 11) is 0. The maximum atomic E-state index is 12.6. The van der Waals surface area contributed by atoms with E-state index in [9.17, 15) is 9.59 Å². The monoisotopic (exact) mass is 284 g/mol. The molecule has 0 radical (unpaired) electrons. The van der Waals surface area contributed by atoms with E-state index in [1.807, 2.05) is 6.92 Å². The van der Waals surface area contributed by atoms with Gasteiger partial charge in [-0.2, -0.15) is 0 Å². The molecule has 1 N–H and O–H groups in total. The molecule has 2 fully saturated rings. The van der Waals surface area contributed by atoms with Crippen LogP contribution >= 0.6 is 0 Å². The third-order valence-corrected chi connectivity index (χ3v) is 4.18. The Kier molecular flexibility index (Phi) is 5.23. The van der Waals surface area contributed by atoms with Gasteiger partial charge in [0, 0.05) is 19.1 Å². The van der Waals surface area contributed by atoms with Crippen LogP contribution in [0.1, 0.15) is 39.0 Å². The van der Waals surface area contributed by atoms with Crippen LogP contribution in [0.5, 0.6) is 0 Å². The molecule has 1 aliphatic carbocycles. The van der Waals surface area contributed by atoms with E-state index >= 15 is 0 Å². The largest absolute Gasteiger partial charge is 0.480 e. The van der Waals surface area contributed by atoms with Crippen molar-refractivity contribution < 1.29 is 19.4 Å². The van der Waals surface area contributed by atoms with Gasteiger partial charge in [0.1, 0.15) is 6.54 Å². The molecule has 1 saturated carbocycles. The Hall–Kier alpha value is -1.30. The van der Waals surface area contributed by atoms with Crippen molar-refractivity contribution in [3.8, 4) is 0 Å². The summed E-state index contributed by atoms with van der Waals surface area (Å²) in [6.07, 6.45) is 4.93. The standard InChI is InChI=1S/C14H24N2O4/c1-2-12-9-15(7-8-20-12)14(19)16(10-13(17)18)11-5-3-4-6-11/h11-12H,2-10H2,1H3,(H,17,18). The van der Waals surface area contributed by atoms with Crippen molar-refractivity contribution in [1.29, 1.82) is 0 Å². The smallest absolute Gasteiger partial charge is 0.323 e. The van der Waals surface area contributed by atoms with Gasteiger partial charge in [0.2, 0.25) is 0 Å². The minimum absolute atomic E-state index is 0.0722. The molecule has 2 aliphatic rings. The van der Waals surface area contributed by atoms with E-state index in [1.165, 1.54) is 0 Å². The summed E-state index contributed by atoms with van der Waals surface area (Å²) in [6.45, 7) is 3.49. The number of ether oxygens (including phenoxy) is 1. The molecule has 1 aliphatic heterocycles. The first kappa shape index (κ1) is 15.1. The lowest BCUT2D eigenvalue weighted by molar-refractivity contribution is -0.138. The molecule has 0 aromatic rings. The number of hydrogen-bond acceptors (Lipinski definition) is 3. The Morgan fingerprint density at radius 3 is 2.65 bits per heavy atom. The maximum Gasteiger partial charge on any atom is 0.323 e. The third kappa shape index (κ3) is 3.62. The average Bonchev–Trinajstić information content (AvgIpc) is 2.98. The number of aliphatic carboxylic acids is 1. The summed E-state index contributed by atoms with van der Waals surface area (Å²) in [6, 6.07) is -0.0532. The molecule has 20 heavy (non-hydrogen) atoms. The Bertz CT molecular complexity index is 355. The normalized spacial score (nSPS) is 23.9. The van der Waals surface area contributed by atoms with Crippen LogP contribution < -0.4 is 0 Å². The van der Waals surface area contributed by atoms with Gasteiger partial charge in [-0.05, 0) is 19.3 Å². The van der Waals surface area contributed by atoms with Crippen LogP contribution in [0.2, 0.25) is 0 Å². The van der Waals surface area contributed by atoms with E-state index < -0.39 is 5.97 Å². The molecule has 1 atom stereocenters. The lowest BCUT2D eigenvalue weighted by Gasteiger charge is -2.37. The lowest BCUT2D eigenvalue weighted by Crippen LogP contribution is -2.54. The number of urea groups is 1. The van der Waals surface area contributed by atoms with Crippen LogP contribution in [0.4, 0.5) is 4.79 Å². The second kappa shape index (κ2) is 6.92. The van der Waals surface area contributed by atoms with Crippen LogP contribution in [0.15, 0.2) is 0 Å². The number of rotatable bonds is 4. The van der Waals surface area contributed by atoms with Crippen molar-refractivity contribution in [2.75, 3.05) is 26.2 Å². The SMILES string of the molecule is CCC1CN(C(=O)N(CC(=O)O)C2CCCC2)CCO1. The molecular weight excluding hydrogens is 260 g/mol. The van der Waals surface area contributed by atoms with Gasteiger partial charge in [0.25, 0.3) is 0 Å². The summed E-state index contributed by atoms with van der Waals surface area (Å²) in [5.74, 6) is -0.939. The first-order chi connectivity index (χ1) is 9.61. The number of nitrogens with zero attached hydrogens (tertiary/aromatic N) is 2. The molecule has 0 aromatic carbocycles. The zero-order valence-corrected chi connectivity index (χ0v) is 12.1. The highest BCUT2D eigenvalue weighted by Gasteiger charge is 2.33. The summed E-state index contributed by atoms with van der Waals surface area (Å²) in [4.78, 5) is 27.0. The maximum absolute atomic E-state index is 12.6. The van der Waals surface area contributed by atoms with E-state index in [2.05, 4.69) is 0 Å². The predicted molar refractivity (Wildman–Crippen MR) is 73.6 cm³/mol. The van der Waals surface area contributed by atoms with E-state index in [1.54, 1.807) is 9.80 Å². The Morgan fingerprint density at radius 1 is 1.35 bits per heavy atom. The minimum atomic E-state index is -0.939. The summed E-state index contributed by atoms with van der Waals surface area (Å²) in [5.41, 5.74) is 0. The van der Waals surface area contributed by atoms with Crippen molar-refractivity contribution >= 4 is 12.0 Å². The number of carboxylic acids is 1. The number of hydrogen-bond donors (Lipinski definition) is 1. The summed E-state index contributed by atoms with van der Waals surface area (Å²) < 4.78 is 5.57. The zero-order valence-electron chi connectivity index (χ0n) is 12.1. The van der Waals surface area contributed by atoms with E-state index in [0.29, 0.717) is 19.7 Å². The Labute approximate surface area is 119 Å². The molecule has 1 heterocycles. The second-order valence-corrected chi connectivity index (χ2v) is 5.59. The number of carbonyl (C=O) groups excluding carboxylic acids is 1. The molecule has 2 amide bonds. The zero-order chi connectivity index (χ0) is 14.5. The van der Waals surface area contributed by atoms with Gasteiger partial charge in [0.15, 0.2) is 0 Å². The van der Waals surface area contributed by atoms with Crippen LogP contribution in [-0.2, 0) is 9.53 Å². The van der Waals surface area contributed by atoms with Crippen LogP contribution in [0.3, 0.4) is 0 Å². The van der Waals surface area contributed by atoms with Gasteiger partial charge in [-0.25, -0.2) is 4.79 Å².